The van der Waals surface area contributed by atoms with Crippen LogP contribution in [0.25, 0.3) is 0 Å². The Balaban J connectivity index is 1.73. The number of carbonyl (C=O) groups excluding carboxylic acids is 1. The molecule has 0 saturated heterocycles. The van der Waals surface area contributed by atoms with Crippen molar-refractivity contribution in [2.75, 3.05) is 5.32 Å². The molecule has 5 nitrogen and oxygen atoms in total. The highest BCUT2D eigenvalue weighted by Crippen LogP contribution is 2.25. The number of amides is 1. The lowest BCUT2D eigenvalue weighted by Crippen LogP contribution is -2.13. The molecule has 22 heavy (non-hydrogen) atoms. The molecular weight excluding hydrogens is 300 g/mol. The van der Waals surface area contributed by atoms with Crippen molar-refractivity contribution in [3.63, 3.8) is 0 Å². The Morgan fingerprint density at radius 2 is 2.23 bits per heavy atom. The number of carbonyl (C=O) groups is 1. The molecule has 0 atom stereocenters. The summed E-state index contributed by atoms with van der Waals surface area (Å²) in [7, 11) is 0. The van der Waals surface area contributed by atoms with Gasteiger partial charge in [-0.1, -0.05) is 12.1 Å². The van der Waals surface area contributed by atoms with Gasteiger partial charge in [-0.2, -0.15) is 0 Å². The number of nitrogens with zero attached hydrogens (tertiary/aromatic N) is 1. The minimum Gasteiger partial charge on any atom is -0.485 e. The van der Waals surface area contributed by atoms with Gasteiger partial charge in [0.05, 0.1) is 23.2 Å². The van der Waals surface area contributed by atoms with E-state index in [-0.39, 0.29) is 5.91 Å². The van der Waals surface area contributed by atoms with E-state index in [1.54, 1.807) is 23.7 Å². The number of furan rings is 1. The average molecular weight is 314 g/mol. The fraction of sp³-hybridized carbons (Fsp3) is 0.125. The minimum atomic E-state index is -0.299. The zero-order valence-electron chi connectivity index (χ0n) is 11.9. The van der Waals surface area contributed by atoms with Crippen LogP contribution in [0.4, 0.5) is 5.69 Å². The summed E-state index contributed by atoms with van der Waals surface area (Å²) in [5.41, 5.74) is 4.00. The molecule has 2 aromatic heterocycles. The first-order valence-corrected chi connectivity index (χ1v) is 7.62. The van der Waals surface area contributed by atoms with E-state index in [1.807, 2.05) is 24.4 Å². The molecule has 0 bridgehead atoms. The summed E-state index contributed by atoms with van der Waals surface area (Å²) in [6, 6.07) is 9.02. The van der Waals surface area contributed by atoms with Crippen molar-refractivity contribution in [2.45, 2.75) is 13.5 Å². The number of thiazole rings is 1. The standard InChI is InChI=1S/C16H14N2O3S/c1-11-6-7-20-15(11)16(19)18-13-4-2-3-5-14(13)21-8-12-9-22-10-17-12/h2-7,9-10H,8H2,1H3,(H,18,19). The number of nitrogens with one attached hydrogen (secondary N) is 1. The van der Waals surface area contributed by atoms with E-state index in [1.165, 1.54) is 17.6 Å². The molecule has 3 rings (SSSR count). The lowest BCUT2D eigenvalue weighted by atomic mass is 10.2. The molecule has 0 radical (unpaired) electrons. The maximum Gasteiger partial charge on any atom is 0.291 e. The van der Waals surface area contributed by atoms with Crippen LogP contribution in [0.1, 0.15) is 21.8 Å². The van der Waals surface area contributed by atoms with Crippen molar-refractivity contribution in [2.24, 2.45) is 0 Å². The highest BCUT2D eigenvalue weighted by molar-refractivity contribution is 7.07. The molecule has 0 fully saturated rings. The average Bonchev–Trinajstić information content (AvgIpc) is 3.17. The van der Waals surface area contributed by atoms with Gasteiger partial charge in [-0.15, -0.1) is 11.3 Å². The number of rotatable bonds is 5. The molecule has 6 heteroatoms. The van der Waals surface area contributed by atoms with Crippen LogP contribution in [0, 0.1) is 6.92 Å². The van der Waals surface area contributed by atoms with Crippen molar-refractivity contribution in [1.29, 1.82) is 0 Å². The molecule has 1 N–H and O–H groups in total. The number of anilines is 1. The normalized spacial score (nSPS) is 10.4. The third kappa shape index (κ3) is 3.17. The molecule has 0 unspecified atom stereocenters. The maximum absolute atomic E-state index is 12.2. The van der Waals surface area contributed by atoms with Crippen molar-refractivity contribution in [1.82, 2.24) is 4.98 Å². The molecule has 0 aliphatic carbocycles. The van der Waals surface area contributed by atoms with Gasteiger partial charge in [0.1, 0.15) is 12.4 Å². The molecule has 3 aromatic rings. The Bertz CT molecular complexity index is 765. The summed E-state index contributed by atoms with van der Waals surface area (Å²) >= 11 is 1.52. The quantitative estimate of drug-likeness (QED) is 0.776. The Kier molecular flexibility index (Phi) is 4.20. The van der Waals surface area contributed by atoms with Gasteiger partial charge in [-0.3, -0.25) is 4.79 Å². The van der Waals surface area contributed by atoms with E-state index in [9.17, 15) is 4.79 Å². The number of ether oxygens (including phenoxy) is 1. The summed E-state index contributed by atoms with van der Waals surface area (Å²) in [6.07, 6.45) is 1.49. The molecule has 0 aliphatic heterocycles. The summed E-state index contributed by atoms with van der Waals surface area (Å²) in [4.78, 5) is 16.4. The second-order valence-corrected chi connectivity index (χ2v) is 5.37. The summed E-state index contributed by atoms with van der Waals surface area (Å²) in [5.74, 6) is 0.592. The van der Waals surface area contributed by atoms with Gasteiger partial charge in [-0.05, 0) is 25.1 Å². The van der Waals surface area contributed by atoms with Crippen LogP contribution in [0.2, 0.25) is 0 Å². The molecule has 1 amide bonds. The van der Waals surface area contributed by atoms with E-state index >= 15 is 0 Å². The molecular formula is C16H14N2O3S. The first-order chi connectivity index (χ1) is 10.7. The first-order valence-electron chi connectivity index (χ1n) is 6.68. The van der Waals surface area contributed by atoms with Crippen LogP contribution >= 0.6 is 11.3 Å². The van der Waals surface area contributed by atoms with Crippen LogP contribution < -0.4 is 10.1 Å². The fourth-order valence-electron chi connectivity index (χ4n) is 1.94. The molecule has 0 saturated carbocycles. The molecule has 0 spiro atoms. The van der Waals surface area contributed by atoms with Crippen molar-refractivity contribution < 1.29 is 13.9 Å². The van der Waals surface area contributed by atoms with Gasteiger partial charge in [0, 0.05) is 10.9 Å². The molecule has 0 aliphatic rings. The van der Waals surface area contributed by atoms with Crippen LogP contribution in [-0.2, 0) is 6.61 Å². The molecule has 1 aromatic carbocycles. The zero-order chi connectivity index (χ0) is 15.4. The van der Waals surface area contributed by atoms with Crippen LogP contribution in [0.3, 0.4) is 0 Å². The zero-order valence-corrected chi connectivity index (χ0v) is 12.7. The largest absolute Gasteiger partial charge is 0.485 e. The second-order valence-electron chi connectivity index (χ2n) is 4.65. The minimum absolute atomic E-state index is 0.299. The van der Waals surface area contributed by atoms with E-state index in [4.69, 9.17) is 9.15 Å². The van der Waals surface area contributed by atoms with Crippen LogP contribution in [-0.4, -0.2) is 10.9 Å². The number of para-hydroxylation sites is 2. The van der Waals surface area contributed by atoms with Crippen molar-refractivity contribution in [3.05, 3.63) is 64.5 Å². The predicted octanol–water partition coefficient (Wildman–Crippen LogP) is 3.88. The van der Waals surface area contributed by atoms with E-state index < -0.39 is 0 Å². The Morgan fingerprint density at radius 1 is 1.36 bits per heavy atom. The lowest BCUT2D eigenvalue weighted by molar-refractivity contribution is 0.0995. The summed E-state index contributed by atoms with van der Waals surface area (Å²) in [6.45, 7) is 2.18. The highest BCUT2D eigenvalue weighted by atomic mass is 32.1. The van der Waals surface area contributed by atoms with Gasteiger partial charge in [0.25, 0.3) is 5.91 Å². The van der Waals surface area contributed by atoms with Gasteiger partial charge < -0.3 is 14.5 Å². The topological polar surface area (TPSA) is 64.4 Å². The number of aromatic nitrogens is 1. The molecule has 112 valence electrons. The Morgan fingerprint density at radius 3 is 2.95 bits per heavy atom. The van der Waals surface area contributed by atoms with E-state index in [0.717, 1.165) is 11.3 Å². The fourth-order valence-corrected chi connectivity index (χ4v) is 2.48. The lowest BCUT2D eigenvalue weighted by Gasteiger charge is -2.11. The Hall–Kier alpha value is -2.60. The van der Waals surface area contributed by atoms with E-state index in [0.29, 0.717) is 23.8 Å². The Labute approximate surface area is 131 Å². The van der Waals surface area contributed by atoms with Crippen molar-refractivity contribution >= 4 is 22.9 Å². The number of hydrogen-bond donors (Lipinski definition) is 1. The number of aryl methyl sites for hydroxylation is 1. The van der Waals surface area contributed by atoms with Gasteiger partial charge >= 0.3 is 0 Å². The smallest absolute Gasteiger partial charge is 0.291 e. The van der Waals surface area contributed by atoms with Gasteiger partial charge in [0.15, 0.2) is 5.76 Å². The SMILES string of the molecule is Cc1ccoc1C(=O)Nc1ccccc1OCc1cscn1. The van der Waals surface area contributed by atoms with Crippen LogP contribution in [0.5, 0.6) is 5.75 Å². The van der Waals surface area contributed by atoms with E-state index in [2.05, 4.69) is 10.3 Å². The first kappa shape index (κ1) is 14.3. The number of hydrogen-bond acceptors (Lipinski definition) is 5. The third-order valence-corrected chi connectivity index (χ3v) is 3.70. The van der Waals surface area contributed by atoms with Crippen molar-refractivity contribution in [3.8, 4) is 5.75 Å². The van der Waals surface area contributed by atoms with Gasteiger partial charge in [-0.25, -0.2) is 4.98 Å². The number of benzene rings is 1. The second kappa shape index (κ2) is 6.44. The third-order valence-electron chi connectivity index (χ3n) is 3.06. The summed E-state index contributed by atoms with van der Waals surface area (Å²) < 4.78 is 10.9. The maximum atomic E-state index is 12.2. The molecule has 2 heterocycles. The van der Waals surface area contributed by atoms with Crippen LogP contribution in [0.15, 0.2) is 51.9 Å². The highest BCUT2D eigenvalue weighted by Gasteiger charge is 2.15. The van der Waals surface area contributed by atoms with Gasteiger partial charge in [0.2, 0.25) is 0 Å². The predicted molar refractivity (Wildman–Crippen MR) is 84.3 cm³/mol. The summed E-state index contributed by atoms with van der Waals surface area (Å²) in [5, 5.41) is 4.73. The monoisotopic (exact) mass is 314 g/mol.